The van der Waals surface area contributed by atoms with Crippen molar-refractivity contribution >= 4 is 5.69 Å². The van der Waals surface area contributed by atoms with Gasteiger partial charge < -0.3 is 5.73 Å². The molecule has 3 rings (SSSR count). The van der Waals surface area contributed by atoms with Crippen molar-refractivity contribution in [1.82, 2.24) is 4.98 Å². The van der Waals surface area contributed by atoms with Crippen molar-refractivity contribution in [3.63, 3.8) is 0 Å². The van der Waals surface area contributed by atoms with Crippen LogP contribution in [0.15, 0.2) is 36.7 Å². The SMILES string of the molecule is Nc1ccncc1-c1ccc2c(c1)CCC2. The zero-order valence-electron chi connectivity index (χ0n) is 9.11. The highest BCUT2D eigenvalue weighted by Crippen LogP contribution is 2.30. The van der Waals surface area contributed by atoms with E-state index >= 15 is 0 Å². The largest absolute Gasteiger partial charge is 0.398 e. The van der Waals surface area contributed by atoms with Crippen LogP contribution < -0.4 is 5.73 Å². The summed E-state index contributed by atoms with van der Waals surface area (Å²) in [6.07, 6.45) is 7.26. The lowest BCUT2D eigenvalue weighted by Gasteiger charge is -2.07. The van der Waals surface area contributed by atoms with E-state index in [-0.39, 0.29) is 0 Å². The molecule has 0 atom stereocenters. The van der Waals surface area contributed by atoms with E-state index < -0.39 is 0 Å². The molecule has 1 aliphatic rings. The van der Waals surface area contributed by atoms with Gasteiger partial charge in [0.1, 0.15) is 0 Å². The fourth-order valence-electron chi connectivity index (χ4n) is 2.39. The second-order valence-corrected chi connectivity index (χ2v) is 4.30. The second-order valence-electron chi connectivity index (χ2n) is 4.30. The molecule has 80 valence electrons. The summed E-state index contributed by atoms with van der Waals surface area (Å²) in [5.74, 6) is 0. The molecule has 0 unspecified atom stereocenters. The number of pyridine rings is 1. The van der Waals surface area contributed by atoms with Crippen LogP contribution in [-0.2, 0) is 12.8 Å². The van der Waals surface area contributed by atoms with Crippen LogP contribution in [0.4, 0.5) is 5.69 Å². The Balaban J connectivity index is 2.11. The number of aryl methyl sites for hydroxylation is 2. The van der Waals surface area contributed by atoms with Crippen LogP contribution in [0, 0.1) is 0 Å². The molecular weight excluding hydrogens is 196 g/mol. The number of nitrogens with two attached hydrogens (primary N) is 1. The molecule has 2 heteroatoms. The maximum atomic E-state index is 5.96. The van der Waals surface area contributed by atoms with Crippen molar-refractivity contribution in [2.24, 2.45) is 0 Å². The first-order chi connectivity index (χ1) is 7.84. The summed E-state index contributed by atoms with van der Waals surface area (Å²) in [6.45, 7) is 0. The molecule has 0 spiro atoms. The number of nitrogen functional groups attached to an aromatic ring is 1. The van der Waals surface area contributed by atoms with Gasteiger partial charge in [-0.25, -0.2) is 0 Å². The van der Waals surface area contributed by atoms with E-state index in [1.54, 1.807) is 6.20 Å². The van der Waals surface area contributed by atoms with Crippen LogP contribution in [0.3, 0.4) is 0 Å². The third kappa shape index (κ3) is 1.47. The summed E-state index contributed by atoms with van der Waals surface area (Å²) in [6, 6.07) is 8.49. The van der Waals surface area contributed by atoms with Crippen molar-refractivity contribution in [2.75, 3.05) is 5.73 Å². The zero-order valence-corrected chi connectivity index (χ0v) is 9.11. The summed E-state index contributed by atoms with van der Waals surface area (Å²) in [7, 11) is 0. The highest BCUT2D eigenvalue weighted by molar-refractivity contribution is 5.75. The van der Waals surface area contributed by atoms with Crippen LogP contribution in [0.25, 0.3) is 11.1 Å². The molecule has 0 saturated heterocycles. The van der Waals surface area contributed by atoms with E-state index in [4.69, 9.17) is 5.73 Å². The smallest absolute Gasteiger partial charge is 0.0424 e. The van der Waals surface area contributed by atoms with E-state index in [2.05, 4.69) is 23.2 Å². The first-order valence-electron chi connectivity index (χ1n) is 5.66. The molecule has 0 radical (unpaired) electrons. The molecule has 2 aromatic rings. The van der Waals surface area contributed by atoms with Gasteiger partial charge in [0.15, 0.2) is 0 Å². The molecule has 0 aliphatic heterocycles. The Hall–Kier alpha value is -1.83. The Kier molecular flexibility index (Phi) is 2.13. The van der Waals surface area contributed by atoms with Gasteiger partial charge in [0.2, 0.25) is 0 Å². The van der Waals surface area contributed by atoms with Crippen molar-refractivity contribution in [2.45, 2.75) is 19.3 Å². The standard InChI is InChI=1S/C14H14N2/c15-14-6-7-16-9-13(14)12-5-4-10-2-1-3-11(10)8-12/h4-9H,1-3H2,(H2,15,16). The number of hydrogen-bond donors (Lipinski definition) is 1. The van der Waals surface area contributed by atoms with Crippen LogP contribution in [0.1, 0.15) is 17.5 Å². The van der Waals surface area contributed by atoms with E-state index in [1.807, 2.05) is 12.3 Å². The van der Waals surface area contributed by atoms with Crippen molar-refractivity contribution in [1.29, 1.82) is 0 Å². The number of rotatable bonds is 1. The molecule has 1 aromatic heterocycles. The van der Waals surface area contributed by atoms with Crippen molar-refractivity contribution < 1.29 is 0 Å². The number of nitrogens with zero attached hydrogens (tertiary/aromatic N) is 1. The van der Waals surface area contributed by atoms with E-state index in [9.17, 15) is 0 Å². The molecule has 0 amide bonds. The minimum atomic E-state index is 0.799. The molecular formula is C14H14N2. The quantitative estimate of drug-likeness (QED) is 0.786. The second kappa shape index (κ2) is 3.63. The third-order valence-electron chi connectivity index (χ3n) is 3.26. The van der Waals surface area contributed by atoms with Gasteiger partial charge in [0.25, 0.3) is 0 Å². The van der Waals surface area contributed by atoms with Gasteiger partial charge in [-0.2, -0.15) is 0 Å². The maximum Gasteiger partial charge on any atom is 0.0424 e. The lowest BCUT2D eigenvalue weighted by Crippen LogP contribution is -1.92. The number of fused-ring (bicyclic) bond motifs is 1. The first kappa shape index (κ1) is 9.40. The highest BCUT2D eigenvalue weighted by atomic mass is 14.7. The third-order valence-corrected chi connectivity index (χ3v) is 3.26. The Morgan fingerprint density at radius 2 is 1.94 bits per heavy atom. The molecule has 1 heterocycles. The van der Waals surface area contributed by atoms with Crippen LogP contribution in [0.5, 0.6) is 0 Å². The van der Waals surface area contributed by atoms with E-state index in [1.165, 1.54) is 36.0 Å². The summed E-state index contributed by atoms with van der Waals surface area (Å²) in [5, 5.41) is 0. The fourth-order valence-corrected chi connectivity index (χ4v) is 2.39. The van der Waals surface area contributed by atoms with Gasteiger partial charge in [-0.05, 0) is 42.0 Å². The molecule has 16 heavy (non-hydrogen) atoms. The maximum absolute atomic E-state index is 5.96. The molecule has 1 aliphatic carbocycles. The lowest BCUT2D eigenvalue weighted by molar-refractivity contribution is 0.912. The molecule has 2 N–H and O–H groups in total. The summed E-state index contributed by atoms with van der Waals surface area (Å²) in [5.41, 5.74) is 11.9. The zero-order chi connectivity index (χ0) is 11.0. The van der Waals surface area contributed by atoms with Crippen molar-refractivity contribution in [3.8, 4) is 11.1 Å². The molecule has 1 aromatic carbocycles. The van der Waals surface area contributed by atoms with E-state index in [0.29, 0.717) is 0 Å². The number of hydrogen-bond acceptors (Lipinski definition) is 2. The average molecular weight is 210 g/mol. The Morgan fingerprint density at radius 3 is 2.81 bits per heavy atom. The minimum absolute atomic E-state index is 0.799. The van der Waals surface area contributed by atoms with Crippen LogP contribution >= 0.6 is 0 Å². The Bertz CT molecular complexity index is 532. The number of benzene rings is 1. The van der Waals surface area contributed by atoms with Gasteiger partial charge in [-0.3, -0.25) is 4.98 Å². The van der Waals surface area contributed by atoms with Crippen molar-refractivity contribution in [3.05, 3.63) is 47.8 Å². The minimum Gasteiger partial charge on any atom is -0.398 e. The van der Waals surface area contributed by atoms with Gasteiger partial charge >= 0.3 is 0 Å². The lowest BCUT2D eigenvalue weighted by atomic mass is 10.0. The van der Waals surface area contributed by atoms with Gasteiger partial charge in [0, 0.05) is 23.6 Å². The summed E-state index contributed by atoms with van der Waals surface area (Å²) in [4.78, 5) is 4.14. The monoisotopic (exact) mass is 210 g/mol. The summed E-state index contributed by atoms with van der Waals surface area (Å²) >= 11 is 0. The van der Waals surface area contributed by atoms with Gasteiger partial charge in [0.05, 0.1) is 0 Å². The van der Waals surface area contributed by atoms with E-state index in [0.717, 1.165) is 11.3 Å². The molecule has 0 saturated carbocycles. The molecule has 0 bridgehead atoms. The molecule has 2 nitrogen and oxygen atoms in total. The van der Waals surface area contributed by atoms with Crippen LogP contribution in [-0.4, -0.2) is 4.98 Å². The first-order valence-corrected chi connectivity index (χ1v) is 5.66. The Labute approximate surface area is 95.1 Å². The Morgan fingerprint density at radius 1 is 1.06 bits per heavy atom. The summed E-state index contributed by atoms with van der Waals surface area (Å²) < 4.78 is 0. The predicted molar refractivity (Wildman–Crippen MR) is 66.1 cm³/mol. The normalized spacial score (nSPS) is 13.8. The average Bonchev–Trinajstić information content (AvgIpc) is 2.76. The number of anilines is 1. The van der Waals surface area contributed by atoms with Gasteiger partial charge in [-0.1, -0.05) is 18.2 Å². The number of aromatic nitrogens is 1. The fraction of sp³-hybridized carbons (Fsp3) is 0.214. The topological polar surface area (TPSA) is 38.9 Å². The van der Waals surface area contributed by atoms with Crippen LogP contribution in [0.2, 0.25) is 0 Å². The van der Waals surface area contributed by atoms with Gasteiger partial charge in [-0.15, -0.1) is 0 Å². The highest BCUT2D eigenvalue weighted by Gasteiger charge is 2.12. The molecule has 0 fully saturated rings. The predicted octanol–water partition coefficient (Wildman–Crippen LogP) is 2.82.